The topological polar surface area (TPSA) is 58.6 Å². The number of carbonyl (C=O) groups excluding carboxylic acids is 1. The molecule has 0 unspecified atom stereocenters. The molecule has 5 heteroatoms. The molecule has 0 saturated carbocycles. The molecule has 1 aromatic carbocycles. The molecule has 0 aliphatic heterocycles. The van der Waals surface area contributed by atoms with Gasteiger partial charge in [0.15, 0.2) is 11.5 Å². The molecule has 0 aromatic heterocycles. The fourth-order valence-corrected chi connectivity index (χ4v) is 1.70. The van der Waals surface area contributed by atoms with Gasteiger partial charge in [0.2, 0.25) is 5.91 Å². The van der Waals surface area contributed by atoms with Crippen LogP contribution >= 0.6 is 15.9 Å². The van der Waals surface area contributed by atoms with E-state index in [4.69, 9.17) is 4.74 Å². The van der Waals surface area contributed by atoms with Gasteiger partial charge in [-0.05, 0) is 33.6 Å². The van der Waals surface area contributed by atoms with Crippen molar-refractivity contribution >= 4 is 27.9 Å². The molecule has 2 N–H and O–H groups in total. The molecule has 1 amide bonds. The SMILES string of the molecule is COc1ccc(C=CCNC(C)=O)c(Br)c1O. The van der Waals surface area contributed by atoms with E-state index in [0.29, 0.717) is 16.8 Å². The van der Waals surface area contributed by atoms with Crippen molar-refractivity contribution in [2.45, 2.75) is 6.92 Å². The van der Waals surface area contributed by atoms with Crippen molar-refractivity contribution in [3.05, 3.63) is 28.2 Å². The lowest BCUT2D eigenvalue weighted by molar-refractivity contribution is -0.118. The number of ether oxygens (including phenoxy) is 1. The Balaban J connectivity index is 2.79. The summed E-state index contributed by atoms with van der Waals surface area (Å²) in [4.78, 5) is 10.6. The van der Waals surface area contributed by atoms with Crippen LogP contribution in [0.4, 0.5) is 0 Å². The van der Waals surface area contributed by atoms with Gasteiger partial charge >= 0.3 is 0 Å². The van der Waals surface area contributed by atoms with E-state index in [-0.39, 0.29) is 11.7 Å². The number of hydrogen-bond donors (Lipinski definition) is 2. The standard InChI is InChI=1S/C12H14BrNO3/c1-8(15)14-7-3-4-9-5-6-10(17-2)12(16)11(9)13/h3-6,16H,7H2,1-2H3,(H,14,15). The largest absolute Gasteiger partial charge is 0.503 e. The van der Waals surface area contributed by atoms with Gasteiger partial charge in [-0.2, -0.15) is 0 Å². The highest BCUT2D eigenvalue weighted by Crippen LogP contribution is 2.36. The Morgan fingerprint density at radius 3 is 2.88 bits per heavy atom. The van der Waals surface area contributed by atoms with E-state index >= 15 is 0 Å². The summed E-state index contributed by atoms with van der Waals surface area (Å²) in [6, 6.07) is 3.49. The predicted octanol–water partition coefficient (Wildman–Crippen LogP) is 2.31. The van der Waals surface area contributed by atoms with Gasteiger partial charge in [0.25, 0.3) is 0 Å². The summed E-state index contributed by atoms with van der Waals surface area (Å²) in [5.74, 6) is 0.399. The fraction of sp³-hybridized carbons (Fsp3) is 0.250. The fourth-order valence-electron chi connectivity index (χ4n) is 1.24. The van der Waals surface area contributed by atoms with Crippen LogP contribution in [0.2, 0.25) is 0 Å². The Kier molecular flexibility index (Phi) is 5.03. The second-order valence-corrected chi connectivity index (χ2v) is 4.15. The maximum absolute atomic E-state index is 10.6. The molecule has 0 aliphatic carbocycles. The molecule has 0 radical (unpaired) electrons. The van der Waals surface area contributed by atoms with E-state index in [2.05, 4.69) is 21.2 Å². The van der Waals surface area contributed by atoms with Gasteiger partial charge in [-0.25, -0.2) is 0 Å². The van der Waals surface area contributed by atoms with Crippen molar-refractivity contribution in [2.75, 3.05) is 13.7 Å². The van der Waals surface area contributed by atoms with Gasteiger partial charge in [0.05, 0.1) is 11.6 Å². The number of hydrogen-bond acceptors (Lipinski definition) is 3. The second-order valence-electron chi connectivity index (χ2n) is 3.36. The van der Waals surface area contributed by atoms with Gasteiger partial charge in [-0.1, -0.05) is 12.2 Å². The molecule has 4 nitrogen and oxygen atoms in total. The highest BCUT2D eigenvalue weighted by molar-refractivity contribution is 9.10. The highest BCUT2D eigenvalue weighted by atomic mass is 79.9. The zero-order valence-corrected chi connectivity index (χ0v) is 11.2. The summed E-state index contributed by atoms with van der Waals surface area (Å²) >= 11 is 3.28. The Bertz CT molecular complexity index is 444. The first-order valence-corrected chi connectivity index (χ1v) is 5.82. The molecule has 1 rings (SSSR count). The van der Waals surface area contributed by atoms with Gasteiger partial charge in [-0.3, -0.25) is 4.79 Å². The smallest absolute Gasteiger partial charge is 0.217 e. The highest BCUT2D eigenvalue weighted by Gasteiger charge is 2.08. The molecular weight excluding hydrogens is 286 g/mol. The van der Waals surface area contributed by atoms with Crippen molar-refractivity contribution in [1.82, 2.24) is 5.32 Å². The molecule has 0 atom stereocenters. The maximum atomic E-state index is 10.6. The Hall–Kier alpha value is -1.49. The van der Waals surface area contributed by atoms with Gasteiger partial charge < -0.3 is 15.2 Å². The predicted molar refractivity (Wildman–Crippen MR) is 70.1 cm³/mol. The third-order valence-electron chi connectivity index (χ3n) is 2.10. The van der Waals surface area contributed by atoms with Crippen molar-refractivity contribution < 1.29 is 14.6 Å². The number of rotatable bonds is 4. The van der Waals surface area contributed by atoms with Crippen LogP contribution in [0.1, 0.15) is 12.5 Å². The number of phenols is 1. The van der Waals surface area contributed by atoms with Crippen molar-refractivity contribution in [3.63, 3.8) is 0 Å². The van der Waals surface area contributed by atoms with Crippen LogP contribution in [-0.4, -0.2) is 24.7 Å². The third-order valence-corrected chi connectivity index (χ3v) is 2.93. The minimum absolute atomic E-state index is 0.0641. The first kappa shape index (κ1) is 13.6. The first-order chi connectivity index (χ1) is 8.06. The lowest BCUT2D eigenvalue weighted by Gasteiger charge is -2.07. The van der Waals surface area contributed by atoms with E-state index in [0.717, 1.165) is 5.56 Å². The summed E-state index contributed by atoms with van der Waals surface area (Å²) in [5.41, 5.74) is 0.814. The molecule has 0 fully saturated rings. The average Bonchev–Trinajstić information content (AvgIpc) is 2.29. The normalized spacial score (nSPS) is 10.5. The summed E-state index contributed by atoms with van der Waals surface area (Å²) in [6.07, 6.45) is 3.60. The number of halogens is 1. The first-order valence-electron chi connectivity index (χ1n) is 5.02. The minimum atomic E-state index is -0.0775. The van der Waals surface area contributed by atoms with E-state index in [1.165, 1.54) is 14.0 Å². The molecule has 0 heterocycles. The molecule has 0 spiro atoms. The molecule has 0 aliphatic rings. The van der Waals surface area contributed by atoms with Crippen molar-refractivity contribution in [2.24, 2.45) is 0 Å². The van der Waals surface area contributed by atoms with Crippen molar-refractivity contribution in [3.8, 4) is 11.5 Å². The minimum Gasteiger partial charge on any atom is -0.503 e. The van der Waals surface area contributed by atoms with Gasteiger partial charge in [0, 0.05) is 13.5 Å². The van der Waals surface area contributed by atoms with Crippen LogP contribution in [0.5, 0.6) is 11.5 Å². The zero-order valence-electron chi connectivity index (χ0n) is 9.66. The molecule has 17 heavy (non-hydrogen) atoms. The van der Waals surface area contributed by atoms with E-state index in [9.17, 15) is 9.90 Å². The molecule has 0 saturated heterocycles. The molecule has 1 aromatic rings. The van der Waals surface area contributed by atoms with Crippen LogP contribution in [0.25, 0.3) is 6.08 Å². The Labute approximate surface area is 108 Å². The van der Waals surface area contributed by atoms with Crippen LogP contribution in [0.3, 0.4) is 0 Å². The number of aromatic hydroxyl groups is 1. The summed E-state index contributed by atoms with van der Waals surface area (Å²) in [6.45, 7) is 1.91. The van der Waals surface area contributed by atoms with Crippen molar-refractivity contribution in [1.29, 1.82) is 0 Å². The van der Waals surface area contributed by atoms with Crippen LogP contribution in [0, 0.1) is 0 Å². The number of benzene rings is 1. The lowest BCUT2D eigenvalue weighted by Crippen LogP contribution is -2.19. The average molecular weight is 300 g/mol. The number of amides is 1. The zero-order chi connectivity index (χ0) is 12.8. The monoisotopic (exact) mass is 299 g/mol. The van der Waals surface area contributed by atoms with Crippen LogP contribution < -0.4 is 10.1 Å². The van der Waals surface area contributed by atoms with E-state index < -0.39 is 0 Å². The van der Waals surface area contributed by atoms with Crippen LogP contribution in [0.15, 0.2) is 22.7 Å². The number of nitrogens with one attached hydrogen (secondary N) is 1. The number of phenolic OH excluding ortho intramolecular Hbond substituents is 1. The molecular formula is C12H14BrNO3. The maximum Gasteiger partial charge on any atom is 0.217 e. The quantitative estimate of drug-likeness (QED) is 0.897. The summed E-state index contributed by atoms with van der Waals surface area (Å²) in [7, 11) is 1.49. The summed E-state index contributed by atoms with van der Waals surface area (Å²) < 4.78 is 5.54. The van der Waals surface area contributed by atoms with Crippen LogP contribution in [-0.2, 0) is 4.79 Å². The van der Waals surface area contributed by atoms with E-state index in [1.54, 1.807) is 18.2 Å². The van der Waals surface area contributed by atoms with E-state index in [1.807, 2.05) is 6.07 Å². The summed E-state index contributed by atoms with van der Waals surface area (Å²) in [5, 5.41) is 12.4. The number of carbonyl (C=O) groups is 1. The second kappa shape index (κ2) is 6.30. The Morgan fingerprint density at radius 2 is 2.29 bits per heavy atom. The molecule has 92 valence electrons. The Morgan fingerprint density at radius 1 is 1.59 bits per heavy atom. The number of methoxy groups -OCH3 is 1. The van der Waals surface area contributed by atoms with Gasteiger partial charge in [-0.15, -0.1) is 0 Å². The molecule has 0 bridgehead atoms. The van der Waals surface area contributed by atoms with Gasteiger partial charge in [0.1, 0.15) is 0 Å². The third kappa shape index (κ3) is 3.78. The lowest BCUT2D eigenvalue weighted by atomic mass is 10.2.